The van der Waals surface area contributed by atoms with E-state index in [2.05, 4.69) is 10.3 Å². The van der Waals surface area contributed by atoms with Crippen molar-refractivity contribution >= 4 is 17.3 Å². The molecule has 0 radical (unpaired) electrons. The summed E-state index contributed by atoms with van der Waals surface area (Å²) in [6.45, 7) is 1.91. The van der Waals surface area contributed by atoms with Crippen LogP contribution in [0.1, 0.15) is 5.56 Å². The zero-order valence-electron chi connectivity index (χ0n) is 15.6. The number of benzene rings is 2. The predicted molar refractivity (Wildman–Crippen MR) is 108 cm³/mol. The molecule has 0 atom stereocenters. The van der Waals surface area contributed by atoms with E-state index in [0.717, 1.165) is 16.8 Å². The normalized spacial score (nSPS) is 10.5. The SMILES string of the molecule is Cc1ccc(-c2cc(=O)n(CC(=O)Nc3ccc(N(C)C)cc3)cn2)cc1. The Bertz CT molecular complexity index is 990. The molecule has 27 heavy (non-hydrogen) atoms. The first kappa shape index (κ1) is 18.4. The fourth-order valence-corrected chi connectivity index (χ4v) is 2.63. The number of amides is 1. The predicted octanol–water partition coefficient (Wildman–Crippen LogP) is 2.92. The minimum Gasteiger partial charge on any atom is -0.378 e. The van der Waals surface area contributed by atoms with E-state index in [4.69, 9.17) is 0 Å². The lowest BCUT2D eigenvalue weighted by Crippen LogP contribution is -2.27. The Kier molecular flexibility index (Phi) is 5.35. The minimum atomic E-state index is -0.278. The van der Waals surface area contributed by atoms with E-state index in [9.17, 15) is 9.59 Å². The zero-order valence-corrected chi connectivity index (χ0v) is 15.6. The van der Waals surface area contributed by atoms with E-state index < -0.39 is 0 Å². The first-order chi connectivity index (χ1) is 12.9. The smallest absolute Gasteiger partial charge is 0.254 e. The number of hydrogen-bond acceptors (Lipinski definition) is 4. The molecule has 6 nitrogen and oxygen atoms in total. The number of carbonyl (C=O) groups excluding carboxylic acids is 1. The molecule has 138 valence electrons. The Hall–Kier alpha value is -3.41. The van der Waals surface area contributed by atoms with Crippen LogP contribution >= 0.6 is 0 Å². The van der Waals surface area contributed by atoms with Crippen molar-refractivity contribution in [2.24, 2.45) is 0 Å². The van der Waals surface area contributed by atoms with Crippen molar-refractivity contribution in [3.05, 3.63) is 76.8 Å². The Labute approximate surface area is 158 Å². The average Bonchev–Trinajstić information content (AvgIpc) is 2.64. The second-order valence-corrected chi connectivity index (χ2v) is 6.60. The summed E-state index contributed by atoms with van der Waals surface area (Å²) in [7, 11) is 3.90. The molecular formula is C21H22N4O2. The van der Waals surface area contributed by atoms with Gasteiger partial charge in [-0.2, -0.15) is 0 Å². The van der Waals surface area contributed by atoms with Crippen molar-refractivity contribution in [2.45, 2.75) is 13.5 Å². The number of anilines is 2. The lowest BCUT2D eigenvalue weighted by Gasteiger charge is -2.13. The molecular weight excluding hydrogens is 340 g/mol. The molecule has 0 bridgehead atoms. The molecule has 0 saturated heterocycles. The molecule has 1 N–H and O–H groups in total. The molecule has 0 unspecified atom stereocenters. The second kappa shape index (κ2) is 7.86. The highest BCUT2D eigenvalue weighted by atomic mass is 16.2. The maximum absolute atomic E-state index is 12.3. The summed E-state index contributed by atoms with van der Waals surface area (Å²) >= 11 is 0. The van der Waals surface area contributed by atoms with Crippen molar-refractivity contribution in [3.63, 3.8) is 0 Å². The van der Waals surface area contributed by atoms with Gasteiger partial charge in [0, 0.05) is 37.1 Å². The van der Waals surface area contributed by atoms with Gasteiger partial charge in [-0.05, 0) is 31.2 Å². The Morgan fingerprint density at radius 2 is 1.74 bits per heavy atom. The van der Waals surface area contributed by atoms with E-state index in [-0.39, 0.29) is 18.0 Å². The van der Waals surface area contributed by atoms with Gasteiger partial charge in [0.2, 0.25) is 5.91 Å². The van der Waals surface area contributed by atoms with Crippen molar-refractivity contribution in [1.82, 2.24) is 9.55 Å². The van der Waals surface area contributed by atoms with Gasteiger partial charge in [-0.3, -0.25) is 14.2 Å². The van der Waals surface area contributed by atoms with Gasteiger partial charge in [-0.15, -0.1) is 0 Å². The summed E-state index contributed by atoms with van der Waals surface area (Å²) in [6, 6.07) is 16.7. The topological polar surface area (TPSA) is 67.2 Å². The zero-order chi connectivity index (χ0) is 19.4. The first-order valence-corrected chi connectivity index (χ1v) is 8.63. The highest BCUT2D eigenvalue weighted by molar-refractivity contribution is 5.90. The summed E-state index contributed by atoms with van der Waals surface area (Å²) in [6.07, 6.45) is 1.41. The van der Waals surface area contributed by atoms with E-state index in [1.54, 1.807) is 0 Å². The van der Waals surface area contributed by atoms with Crippen LogP contribution in [-0.2, 0) is 11.3 Å². The van der Waals surface area contributed by atoms with Crippen LogP contribution in [0.4, 0.5) is 11.4 Å². The molecule has 1 aromatic heterocycles. The Morgan fingerprint density at radius 1 is 1.07 bits per heavy atom. The van der Waals surface area contributed by atoms with Crippen molar-refractivity contribution in [2.75, 3.05) is 24.3 Å². The third-order valence-electron chi connectivity index (χ3n) is 4.21. The molecule has 1 heterocycles. The van der Waals surface area contributed by atoms with Gasteiger partial charge >= 0.3 is 0 Å². The minimum absolute atomic E-state index is 0.0879. The lowest BCUT2D eigenvalue weighted by molar-refractivity contribution is -0.116. The summed E-state index contributed by atoms with van der Waals surface area (Å²) in [5.41, 5.74) is 4.07. The number of nitrogens with one attached hydrogen (secondary N) is 1. The van der Waals surface area contributed by atoms with Crippen LogP contribution in [0.25, 0.3) is 11.3 Å². The van der Waals surface area contributed by atoms with Gasteiger partial charge in [0.05, 0.1) is 12.0 Å². The van der Waals surface area contributed by atoms with Gasteiger partial charge in [0.25, 0.3) is 5.56 Å². The molecule has 6 heteroatoms. The molecule has 2 aromatic carbocycles. The number of aromatic nitrogens is 2. The van der Waals surface area contributed by atoms with E-state index in [1.807, 2.05) is 74.4 Å². The Morgan fingerprint density at radius 3 is 2.33 bits per heavy atom. The third kappa shape index (κ3) is 4.61. The van der Waals surface area contributed by atoms with Crippen molar-refractivity contribution in [1.29, 1.82) is 0 Å². The Balaban J connectivity index is 1.69. The van der Waals surface area contributed by atoms with Gasteiger partial charge in [0.1, 0.15) is 6.54 Å². The molecule has 0 aliphatic rings. The van der Waals surface area contributed by atoms with Crippen LogP contribution in [0.15, 0.2) is 65.7 Å². The molecule has 3 rings (SSSR count). The number of aryl methyl sites for hydroxylation is 1. The third-order valence-corrected chi connectivity index (χ3v) is 4.21. The van der Waals surface area contributed by atoms with E-state index in [0.29, 0.717) is 11.4 Å². The molecule has 0 aliphatic heterocycles. The monoisotopic (exact) mass is 362 g/mol. The maximum atomic E-state index is 12.3. The average molecular weight is 362 g/mol. The molecule has 0 aliphatic carbocycles. The molecule has 0 spiro atoms. The van der Waals surface area contributed by atoms with Crippen LogP contribution in [-0.4, -0.2) is 29.6 Å². The van der Waals surface area contributed by atoms with Crippen LogP contribution in [0.5, 0.6) is 0 Å². The summed E-state index contributed by atoms with van der Waals surface area (Å²) in [5, 5.41) is 2.79. The maximum Gasteiger partial charge on any atom is 0.254 e. The highest BCUT2D eigenvalue weighted by Crippen LogP contribution is 2.16. The fraction of sp³-hybridized carbons (Fsp3) is 0.190. The van der Waals surface area contributed by atoms with Crippen molar-refractivity contribution in [3.8, 4) is 11.3 Å². The number of hydrogen-bond donors (Lipinski definition) is 1. The van der Waals surface area contributed by atoms with Crippen LogP contribution in [0, 0.1) is 6.92 Å². The van der Waals surface area contributed by atoms with Crippen LogP contribution < -0.4 is 15.8 Å². The quantitative estimate of drug-likeness (QED) is 0.758. The molecule has 0 fully saturated rings. The van der Waals surface area contributed by atoms with E-state index in [1.165, 1.54) is 17.0 Å². The van der Waals surface area contributed by atoms with Crippen LogP contribution in [0.3, 0.4) is 0 Å². The number of nitrogens with zero attached hydrogens (tertiary/aromatic N) is 3. The van der Waals surface area contributed by atoms with Gasteiger partial charge < -0.3 is 10.2 Å². The van der Waals surface area contributed by atoms with Gasteiger partial charge in [-0.25, -0.2) is 4.98 Å². The summed E-state index contributed by atoms with van der Waals surface area (Å²) in [5.74, 6) is -0.278. The van der Waals surface area contributed by atoms with Gasteiger partial charge in [0.15, 0.2) is 0 Å². The standard InChI is InChI=1S/C21H22N4O2/c1-15-4-6-16(7-5-15)19-12-21(27)25(14-22-19)13-20(26)23-17-8-10-18(11-9-17)24(2)3/h4-12,14H,13H2,1-3H3,(H,23,26). The lowest BCUT2D eigenvalue weighted by atomic mass is 10.1. The van der Waals surface area contributed by atoms with E-state index >= 15 is 0 Å². The highest BCUT2D eigenvalue weighted by Gasteiger charge is 2.08. The fourth-order valence-electron chi connectivity index (χ4n) is 2.63. The molecule has 3 aromatic rings. The van der Waals surface area contributed by atoms with Gasteiger partial charge in [-0.1, -0.05) is 29.8 Å². The molecule has 1 amide bonds. The summed E-state index contributed by atoms with van der Waals surface area (Å²) < 4.78 is 1.29. The summed E-state index contributed by atoms with van der Waals surface area (Å²) in [4.78, 5) is 30.8. The first-order valence-electron chi connectivity index (χ1n) is 8.63. The second-order valence-electron chi connectivity index (χ2n) is 6.60. The van der Waals surface area contributed by atoms with Crippen LogP contribution in [0.2, 0.25) is 0 Å². The van der Waals surface area contributed by atoms with Crippen molar-refractivity contribution < 1.29 is 4.79 Å². The number of carbonyl (C=O) groups is 1. The largest absolute Gasteiger partial charge is 0.378 e. The molecule has 0 saturated carbocycles. The number of rotatable bonds is 5.